The van der Waals surface area contributed by atoms with E-state index in [4.69, 9.17) is 0 Å². The molecule has 5 rings (SSSR count). The molecular weight excluding hydrogens is 296 g/mol. The summed E-state index contributed by atoms with van der Waals surface area (Å²) in [5, 5.41) is 2.98. The number of piperidine rings is 2. The molecule has 0 radical (unpaired) electrons. The van der Waals surface area contributed by atoms with Gasteiger partial charge in [-0.3, -0.25) is 9.69 Å². The summed E-state index contributed by atoms with van der Waals surface area (Å²) in [6, 6.07) is 19.1. The number of nitrogens with zero attached hydrogens (tertiary/aromatic N) is 1. The fraction of sp³-hybridized carbons (Fsp3) is 0.381. The molecular formula is C21H24N2O. The van der Waals surface area contributed by atoms with Crippen LogP contribution >= 0.6 is 0 Å². The Morgan fingerprint density at radius 3 is 2.25 bits per heavy atom. The van der Waals surface area contributed by atoms with Crippen LogP contribution in [-0.4, -0.2) is 23.9 Å². The lowest BCUT2D eigenvalue weighted by molar-refractivity contribution is 0.00732. The summed E-state index contributed by atoms with van der Waals surface area (Å²) in [4.78, 5) is 14.8. The molecule has 1 unspecified atom stereocenters. The van der Waals surface area contributed by atoms with E-state index in [1.807, 2.05) is 42.5 Å². The van der Waals surface area contributed by atoms with Gasteiger partial charge in [-0.25, -0.2) is 0 Å². The lowest BCUT2D eigenvalue weighted by atomic mass is 9.73. The molecule has 2 heterocycles. The number of fused-ring (bicyclic) bond motifs is 3. The van der Waals surface area contributed by atoms with E-state index in [1.165, 1.54) is 31.2 Å². The molecule has 1 amide bonds. The summed E-state index contributed by atoms with van der Waals surface area (Å²) in [5.74, 6) is 0.724. The number of benzene rings is 2. The number of rotatable bonds is 3. The van der Waals surface area contributed by atoms with Crippen molar-refractivity contribution in [1.29, 1.82) is 0 Å². The van der Waals surface area contributed by atoms with Crippen molar-refractivity contribution in [3.63, 3.8) is 0 Å². The lowest BCUT2D eigenvalue weighted by Crippen LogP contribution is -2.47. The predicted molar refractivity (Wildman–Crippen MR) is 97.1 cm³/mol. The first-order valence-electron chi connectivity index (χ1n) is 8.90. The summed E-state index contributed by atoms with van der Waals surface area (Å²) >= 11 is 0. The fourth-order valence-electron chi connectivity index (χ4n) is 4.45. The van der Waals surface area contributed by atoms with Crippen molar-refractivity contribution < 1.29 is 4.79 Å². The molecule has 24 heavy (non-hydrogen) atoms. The summed E-state index contributed by atoms with van der Waals surface area (Å²) in [7, 11) is 2.27. The molecule has 124 valence electrons. The minimum absolute atomic E-state index is 0.0582. The Bertz CT molecular complexity index is 700. The molecule has 1 aliphatic carbocycles. The molecule has 1 saturated carbocycles. The van der Waals surface area contributed by atoms with Gasteiger partial charge >= 0.3 is 0 Å². The standard InChI is InChI=1S/C21H24N2O/c1-23-19-13-9-16(10-14-19)20(23)15-7-11-18(12-8-15)22-21(24)17-5-3-2-4-6-17/h2-8,11-12,16,19-20H,9-10,13-14H2,1H3,(H,22,24). The molecule has 2 saturated heterocycles. The van der Waals surface area contributed by atoms with Crippen LogP contribution in [0.4, 0.5) is 5.69 Å². The van der Waals surface area contributed by atoms with E-state index < -0.39 is 0 Å². The molecule has 2 aromatic rings. The van der Waals surface area contributed by atoms with Gasteiger partial charge in [0.05, 0.1) is 0 Å². The van der Waals surface area contributed by atoms with Crippen molar-refractivity contribution in [3.05, 3.63) is 65.7 Å². The maximum atomic E-state index is 12.2. The second kappa shape index (κ2) is 6.40. The molecule has 0 aromatic heterocycles. The topological polar surface area (TPSA) is 32.3 Å². The summed E-state index contributed by atoms with van der Waals surface area (Å²) in [6.07, 6.45) is 5.41. The van der Waals surface area contributed by atoms with E-state index in [-0.39, 0.29) is 5.91 Å². The zero-order chi connectivity index (χ0) is 16.5. The van der Waals surface area contributed by atoms with E-state index in [9.17, 15) is 4.79 Å². The molecule has 2 aromatic carbocycles. The normalized spacial score (nSPS) is 26.3. The minimum atomic E-state index is -0.0582. The summed E-state index contributed by atoms with van der Waals surface area (Å²) < 4.78 is 0. The molecule has 3 fully saturated rings. The number of carbonyl (C=O) groups is 1. The van der Waals surface area contributed by atoms with E-state index in [0.29, 0.717) is 11.6 Å². The van der Waals surface area contributed by atoms with Crippen LogP contribution in [0.25, 0.3) is 0 Å². The third-order valence-corrected chi connectivity index (χ3v) is 5.75. The van der Waals surface area contributed by atoms with Crippen LogP contribution in [0.2, 0.25) is 0 Å². The van der Waals surface area contributed by atoms with Crippen LogP contribution in [0.5, 0.6) is 0 Å². The van der Waals surface area contributed by atoms with Gasteiger partial charge in [0.15, 0.2) is 0 Å². The molecule has 1 N–H and O–H groups in total. The third-order valence-electron chi connectivity index (χ3n) is 5.75. The van der Waals surface area contributed by atoms with Gasteiger partial charge < -0.3 is 5.32 Å². The van der Waals surface area contributed by atoms with Gasteiger partial charge in [0.2, 0.25) is 0 Å². The number of carbonyl (C=O) groups excluding carboxylic acids is 1. The van der Waals surface area contributed by atoms with Crippen molar-refractivity contribution >= 4 is 11.6 Å². The van der Waals surface area contributed by atoms with Gasteiger partial charge in [-0.15, -0.1) is 0 Å². The van der Waals surface area contributed by atoms with Gasteiger partial charge in [-0.2, -0.15) is 0 Å². The van der Waals surface area contributed by atoms with Crippen LogP contribution in [-0.2, 0) is 0 Å². The summed E-state index contributed by atoms with van der Waals surface area (Å²) in [6.45, 7) is 0. The van der Waals surface area contributed by atoms with Crippen molar-refractivity contribution in [1.82, 2.24) is 4.90 Å². The monoisotopic (exact) mass is 320 g/mol. The molecule has 3 heteroatoms. The van der Waals surface area contributed by atoms with Crippen molar-refractivity contribution in [2.24, 2.45) is 5.92 Å². The average molecular weight is 320 g/mol. The predicted octanol–water partition coefficient (Wildman–Crippen LogP) is 4.48. The Labute approximate surface area is 143 Å². The van der Waals surface area contributed by atoms with Crippen LogP contribution < -0.4 is 5.32 Å². The Balaban J connectivity index is 1.48. The second-order valence-electron chi connectivity index (χ2n) is 7.12. The lowest BCUT2D eigenvalue weighted by Gasteiger charge is -2.50. The molecule has 0 spiro atoms. The second-order valence-corrected chi connectivity index (χ2v) is 7.12. The first kappa shape index (κ1) is 15.4. The van der Waals surface area contributed by atoms with E-state index >= 15 is 0 Å². The number of amides is 1. The van der Waals surface area contributed by atoms with E-state index in [0.717, 1.165) is 17.6 Å². The Hall–Kier alpha value is -2.13. The Morgan fingerprint density at radius 1 is 0.958 bits per heavy atom. The minimum Gasteiger partial charge on any atom is -0.322 e. The zero-order valence-corrected chi connectivity index (χ0v) is 14.1. The fourth-order valence-corrected chi connectivity index (χ4v) is 4.45. The van der Waals surface area contributed by atoms with Gasteiger partial charge in [0.25, 0.3) is 5.91 Å². The number of hydrogen-bond donors (Lipinski definition) is 1. The van der Waals surface area contributed by atoms with Crippen LogP contribution in [0.15, 0.2) is 54.6 Å². The average Bonchev–Trinajstić information content (AvgIpc) is 2.64. The van der Waals surface area contributed by atoms with Crippen molar-refractivity contribution in [2.45, 2.75) is 37.8 Å². The Kier molecular flexibility index (Phi) is 4.11. The Morgan fingerprint density at radius 2 is 1.62 bits per heavy atom. The smallest absolute Gasteiger partial charge is 0.255 e. The largest absolute Gasteiger partial charge is 0.322 e. The first-order valence-corrected chi connectivity index (χ1v) is 8.90. The maximum absolute atomic E-state index is 12.2. The molecule has 3 nitrogen and oxygen atoms in total. The highest BCUT2D eigenvalue weighted by Gasteiger charge is 2.40. The van der Waals surface area contributed by atoms with Crippen molar-refractivity contribution in [2.75, 3.05) is 12.4 Å². The van der Waals surface area contributed by atoms with Crippen LogP contribution in [0, 0.1) is 5.92 Å². The number of hydrogen-bond acceptors (Lipinski definition) is 2. The van der Waals surface area contributed by atoms with Gasteiger partial charge in [0.1, 0.15) is 0 Å². The third kappa shape index (κ3) is 2.84. The van der Waals surface area contributed by atoms with Crippen LogP contribution in [0.3, 0.4) is 0 Å². The number of nitrogens with one attached hydrogen (secondary N) is 1. The molecule has 2 aliphatic heterocycles. The SMILES string of the molecule is CN1C2CCC(CC2)C1c1ccc(NC(=O)c2ccccc2)cc1. The summed E-state index contributed by atoms with van der Waals surface area (Å²) in [5.41, 5.74) is 2.92. The zero-order valence-electron chi connectivity index (χ0n) is 14.1. The highest BCUT2D eigenvalue weighted by atomic mass is 16.1. The molecule has 2 bridgehead atoms. The van der Waals surface area contributed by atoms with E-state index in [2.05, 4.69) is 29.4 Å². The first-order chi connectivity index (χ1) is 11.7. The van der Waals surface area contributed by atoms with Gasteiger partial charge in [-0.1, -0.05) is 30.3 Å². The molecule has 1 atom stereocenters. The van der Waals surface area contributed by atoms with Crippen molar-refractivity contribution in [3.8, 4) is 0 Å². The van der Waals surface area contributed by atoms with Crippen LogP contribution in [0.1, 0.15) is 47.6 Å². The molecule has 3 aliphatic rings. The number of anilines is 1. The van der Waals surface area contributed by atoms with E-state index in [1.54, 1.807) is 0 Å². The van der Waals surface area contributed by atoms with Gasteiger partial charge in [0, 0.05) is 23.3 Å². The van der Waals surface area contributed by atoms with Gasteiger partial charge in [-0.05, 0) is 68.5 Å². The quantitative estimate of drug-likeness (QED) is 0.904. The maximum Gasteiger partial charge on any atom is 0.255 e. The highest BCUT2D eigenvalue weighted by Crippen LogP contribution is 2.46. The highest BCUT2D eigenvalue weighted by molar-refractivity contribution is 6.04.